The van der Waals surface area contributed by atoms with E-state index < -0.39 is 5.82 Å². The summed E-state index contributed by atoms with van der Waals surface area (Å²) in [4.78, 5) is 12.0. The average Bonchev–Trinajstić information content (AvgIpc) is 2.31. The number of hydrogen-bond acceptors (Lipinski definition) is 1. The van der Waals surface area contributed by atoms with Crippen molar-refractivity contribution >= 4 is 43.5 Å². The Kier molecular flexibility index (Phi) is 4.37. The van der Waals surface area contributed by atoms with E-state index in [2.05, 4.69) is 37.2 Å². The molecule has 0 radical (unpaired) electrons. The first-order valence-corrected chi connectivity index (χ1v) is 7.08. The second-order valence-corrected chi connectivity index (χ2v) is 5.90. The van der Waals surface area contributed by atoms with Crippen LogP contribution in [0, 0.1) is 12.7 Å². The molecular formula is C14H10Br2FNO. The van der Waals surface area contributed by atoms with Crippen molar-refractivity contribution in [1.29, 1.82) is 0 Å². The molecular weight excluding hydrogens is 377 g/mol. The summed E-state index contributed by atoms with van der Waals surface area (Å²) in [6.45, 7) is 1.89. The molecule has 1 N–H and O–H groups in total. The summed E-state index contributed by atoms with van der Waals surface area (Å²) < 4.78 is 14.7. The number of nitrogens with one attached hydrogen (secondary N) is 1. The predicted octanol–water partition coefficient (Wildman–Crippen LogP) is 4.91. The van der Waals surface area contributed by atoms with Gasteiger partial charge in [0, 0.05) is 20.2 Å². The lowest BCUT2D eigenvalue weighted by Crippen LogP contribution is -2.13. The molecule has 1 amide bonds. The van der Waals surface area contributed by atoms with Gasteiger partial charge in [-0.3, -0.25) is 4.79 Å². The lowest BCUT2D eigenvalue weighted by molar-refractivity contribution is 0.102. The zero-order valence-corrected chi connectivity index (χ0v) is 13.2. The largest absolute Gasteiger partial charge is 0.322 e. The lowest BCUT2D eigenvalue weighted by atomic mass is 10.1. The van der Waals surface area contributed by atoms with E-state index in [1.54, 1.807) is 12.1 Å². The molecule has 2 nitrogen and oxygen atoms in total. The molecule has 0 saturated heterocycles. The van der Waals surface area contributed by atoms with Gasteiger partial charge >= 0.3 is 0 Å². The van der Waals surface area contributed by atoms with Gasteiger partial charge in [-0.1, -0.05) is 31.9 Å². The summed E-state index contributed by atoms with van der Waals surface area (Å²) in [6, 6.07) is 9.62. The maximum atomic E-state index is 13.2. The van der Waals surface area contributed by atoms with Crippen molar-refractivity contribution in [3.05, 3.63) is 62.3 Å². The quantitative estimate of drug-likeness (QED) is 0.780. The Hall–Kier alpha value is -1.20. The van der Waals surface area contributed by atoms with E-state index in [9.17, 15) is 9.18 Å². The van der Waals surface area contributed by atoms with Gasteiger partial charge in [-0.2, -0.15) is 0 Å². The van der Waals surface area contributed by atoms with Gasteiger partial charge in [0.25, 0.3) is 5.91 Å². The zero-order chi connectivity index (χ0) is 14.0. The molecule has 0 atom stereocenters. The minimum atomic E-state index is -0.452. The summed E-state index contributed by atoms with van der Waals surface area (Å²) in [5.41, 5.74) is 1.90. The Labute approximate surface area is 127 Å². The zero-order valence-electron chi connectivity index (χ0n) is 10.0. The molecule has 5 heteroatoms. The van der Waals surface area contributed by atoms with Gasteiger partial charge in [-0.25, -0.2) is 4.39 Å². The van der Waals surface area contributed by atoms with Crippen LogP contribution in [0.4, 0.5) is 10.1 Å². The molecule has 0 spiro atoms. The Morgan fingerprint density at radius 3 is 2.47 bits per heavy atom. The number of carbonyl (C=O) groups is 1. The van der Waals surface area contributed by atoms with E-state index >= 15 is 0 Å². The Bertz CT molecular complexity index is 623. The van der Waals surface area contributed by atoms with Gasteiger partial charge in [0.15, 0.2) is 0 Å². The standard InChI is InChI=1S/C14H10Br2FNO/c1-8-4-10(15)2-3-13(8)18-14(19)9-5-11(16)7-12(17)6-9/h2-7H,1H3,(H,18,19). The summed E-state index contributed by atoms with van der Waals surface area (Å²) in [6.07, 6.45) is 0. The molecule has 0 bridgehead atoms. The maximum Gasteiger partial charge on any atom is 0.255 e. The Morgan fingerprint density at radius 2 is 1.84 bits per heavy atom. The van der Waals surface area contributed by atoms with Gasteiger partial charge in [-0.15, -0.1) is 0 Å². The minimum Gasteiger partial charge on any atom is -0.322 e. The van der Waals surface area contributed by atoms with Crippen molar-refractivity contribution in [2.24, 2.45) is 0 Å². The number of hydrogen-bond donors (Lipinski definition) is 1. The minimum absolute atomic E-state index is 0.272. The third-order valence-electron chi connectivity index (χ3n) is 2.56. The first-order chi connectivity index (χ1) is 8.95. The SMILES string of the molecule is Cc1cc(Br)ccc1NC(=O)c1cc(F)cc(Br)c1. The van der Waals surface area contributed by atoms with Crippen LogP contribution in [0.5, 0.6) is 0 Å². The number of anilines is 1. The van der Waals surface area contributed by atoms with E-state index in [-0.39, 0.29) is 11.5 Å². The normalized spacial score (nSPS) is 10.3. The number of aryl methyl sites for hydroxylation is 1. The smallest absolute Gasteiger partial charge is 0.255 e. The van der Waals surface area contributed by atoms with Crippen LogP contribution in [-0.4, -0.2) is 5.91 Å². The molecule has 0 fully saturated rings. The molecule has 0 aliphatic rings. The molecule has 2 aromatic rings. The first-order valence-electron chi connectivity index (χ1n) is 5.49. The van der Waals surface area contributed by atoms with Gasteiger partial charge in [0.1, 0.15) is 5.82 Å². The van der Waals surface area contributed by atoms with Crippen molar-refractivity contribution in [3.63, 3.8) is 0 Å². The van der Waals surface area contributed by atoms with Crippen LogP contribution in [-0.2, 0) is 0 Å². The Balaban J connectivity index is 2.25. The molecule has 0 saturated carbocycles. The van der Waals surface area contributed by atoms with Crippen LogP contribution in [0.1, 0.15) is 15.9 Å². The molecule has 0 aliphatic carbocycles. The predicted molar refractivity (Wildman–Crippen MR) is 80.9 cm³/mol. The van der Waals surface area contributed by atoms with Crippen LogP contribution in [0.2, 0.25) is 0 Å². The molecule has 98 valence electrons. The second-order valence-electron chi connectivity index (χ2n) is 4.07. The van der Waals surface area contributed by atoms with Crippen molar-refractivity contribution in [1.82, 2.24) is 0 Å². The molecule has 2 rings (SSSR count). The topological polar surface area (TPSA) is 29.1 Å². The maximum absolute atomic E-state index is 13.2. The van der Waals surface area contributed by atoms with Gasteiger partial charge in [0.05, 0.1) is 0 Å². The lowest BCUT2D eigenvalue weighted by Gasteiger charge is -2.09. The van der Waals surface area contributed by atoms with Crippen molar-refractivity contribution in [3.8, 4) is 0 Å². The van der Waals surface area contributed by atoms with Crippen LogP contribution in [0.25, 0.3) is 0 Å². The van der Waals surface area contributed by atoms with E-state index in [1.807, 2.05) is 19.1 Å². The fraction of sp³-hybridized carbons (Fsp3) is 0.0714. The van der Waals surface area contributed by atoms with E-state index in [0.29, 0.717) is 10.2 Å². The summed E-state index contributed by atoms with van der Waals surface area (Å²) in [5, 5.41) is 2.76. The number of amides is 1. The van der Waals surface area contributed by atoms with Gasteiger partial charge in [0.2, 0.25) is 0 Å². The Morgan fingerprint density at radius 1 is 1.11 bits per heavy atom. The molecule has 0 heterocycles. The number of halogens is 3. The number of benzene rings is 2. The molecule has 0 aliphatic heterocycles. The average molecular weight is 387 g/mol. The second kappa shape index (κ2) is 5.84. The van der Waals surface area contributed by atoms with Crippen molar-refractivity contribution < 1.29 is 9.18 Å². The molecule has 0 unspecified atom stereocenters. The molecule has 19 heavy (non-hydrogen) atoms. The van der Waals surface area contributed by atoms with Crippen LogP contribution in [0.15, 0.2) is 45.3 Å². The summed E-state index contributed by atoms with van der Waals surface area (Å²) >= 11 is 6.52. The molecule has 2 aromatic carbocycles. The highest BCUT2D eigenvalue weighted by molar-refractivity contribution is 9.10. The fourth-order valence-electron chi connectivity index (χ4n) is 1.65. The summed E-state index contributed by atoms with van der Waals surface area (Å²) in [5.74, 6) is -0.794. The highest BCUT2D eigenvalue weighted by atomic mass is 79.9. The summed E-state index contributed by atoms with van der Waals surface area (Å²) in [7, 11) is 0. The fourth-order valence-corrected chi connectivity index (χ4v) is 2.59. The van der Waals surface area contributed by atoms with Crippen LogP contribution in [0.3, 0.4) is 0 Å². The van der Waals surface area contributed by atoms with Crippen LogP contribution >= 0.6 is 31.9 Å². The first kappa shape index (κ1) is 14.2. The van der Waals surface area contributed by atoms with Gasteiger partial charge < -0.3 is 5.32 Å². The van der Waals surface area contributed by atoms with Gasteiger partial charge in [-0.05, 0) is 48.9 Å². The van der Waals surface area contributed by atoms with E-state index in [0.717, 1.165) is 10.0 Å². The van der Waals surface area contributed by atoms with E-state index in [1.165, 1.54) is 12.1 Å². The highest BCUT2D eigenvalue weighted by Crippen LogP contribution is 2.21. The number of rotatable bonds is 2. The van der Waals surface area contributed by atoms with Crippen LogP contribution < -0.4 is 5.32 Å². The third-order valence-corrected chi connectivity index (χ3v) is 3.51. The van der Waals surface area contributed by atoms with Crippen molar-refractivity contribution in [2.75, 3.05) is 5.32 Å². The molecule has 0 aromatic heterocycles. The van der Waals surface area contributed by atoms with E-state index in [4.69, 9.17) is 0 Å². The third kappa shape index (κ3) is 3.64. The van der Waals surface area contributed by atoms with Crippen molar-refractivity contribution in [2.45, 2.75) is 6.92 Å². The highest BCUT2D eigenvalue weighted by Gasteiger charge is 2.10. The monoisotopic (exact) mass is 385 g/mol. The number of carbonyl (C=O) groups excluding carboxylic acids is 1.